The molecule has 1 aromatic heterocycles. The number of halogens is 1. The SMILES string of the molecule is O=C(O)/C=C/c1ccc(Oc2ccccc2F)nc1. The highest BCUT2D eigenvalue weighted by atomic mass is 19.1. The van der Waals surface area contributed by atoms with Crippen LogP contribution in [0.3, 0.4) is 0 Å². The van der Waals surface area contributed by atoms with Crippen LogP contribution in [-0.4, -0.2) is 16.1 Å². The largest absolute Gasteiger partial charge is 0.478 e. The minimum atomic E-state index is -1.04. The number of hydrogen-bond donors (Lipinski definition) is 1. The van der Waals surface area contributed by atoms with Crippen LogP contribution >= 0.6 is 0 Å². The van der Waals surface area contributed by atoms with E-state index in [1.165, 1.54) is 30.5 Å². The first-order valence-electron chi connectivity index (χ1n) is 5.44. The number of pyridine rings is 1. The molecule has 2 aromatic rings. The van der Waals surface area contributed by atoms with Crippen LogP contribution in [0.25, 0.3) is 6.08 Å². The van der Waals surface area contributed by atoms with Crippen LogP contribution in [0.15, 0.2) is 48.7 Å². The average Bonchev–Trinajstić information content (AvgIpc) is 2.40. The fraction of sp³-hybridized carbons (Fsp3) is 0. The maximum absolute atomic E-state index is 13.3. The van der Waals surface area contributed by atoms with Crippen molar-refractivity contribution in [2.24, 2.45) is 0 Å². The van der Waals surface area contributed by atoms with Gasteiger partial charge in [-0.2, -0.15) is 0 Å². The van der Waals surface area contributed by atoms with Gasteiger partial charge >= 0.3 is 5.97 Å². The van der Waals surface area contributed by atoms with Gasteiger partial charge in [-0.05, 0) is 29.8 Å². The first-order valence-corrected chi connectivity index (χ1v) is 5.44. The number of rotatable bonds is 4. The number of aromatic nitrogens is 1. The van der Waals surface area contributed by atoms with E-state index >= 15 is 0 Å². The summed E-state index contributed by atoms with van der Waals surface area (Å²) >= 11 is 0. The third-order valence-corrected chi connectivity index (χ3v) is 2.23. The highest BCUT2D eigenvalue weighted by Gasteiger charge is 2.03. The number of benzene rings is 1. The Morgan fingerprint density at radius 2 is 2.05 bits per heavy atom. The Morgan fingerprint density at radius 1 is 1.26 bits per heavy atom. The molecule has 0 unspecified atom stereocenters. The lowest BCUT2D eigenvalue weighted by Crippen LogP contribution is -1.91. The molecule has 2 rings (SSSR count). The number of carboxylic acids is 1. The van der Waals surface area contributed by atoms with Crippen molar-refractivity contribution in [3.8, 4) is 11.6 Å². The minimum absolute atomic E-state index is 0.0869. The molecule has 0 atom stereocenters. The van der Waals surface area contributed by atoms with E-state index in [1.807, 2.05) is 0 Å². The Balaban J connectivity index is 2.11. The van der Waals surface area contributed by atoms with Crippen LogP contribution in [0.4, 0.5) is 4.39 Å². The van der Waals surface area contributed by atoms with Gasteiger partial charge in [0.15, 0.2) is 11.6 Å². The summed E-state index contributed by atoms with van der Waals surface area (Å²) in [5.74, 6) is -1.19. The van der Waals surface area contributed by atoms with Crippen LogP contribution in [0.2, 0.25) is 0 Å². The van der Waals surface area contributed by atoms with E-state index in [9.17, 15) is 9.18 Å². The second-order valence-electron chi connectivity index (χ2n) is 3.63. The molecule has 0 aliphatic carbocycles. The average molecular weight is 259 g/mol. The number of nitrogens with zero attached hydrogens (tertiary/aromatic N) is 1. The molecule has 0 amide bonds. The van der Waals surface area contributed by atoms with E-state index in [0.29, 0.717) is 5.56 Å². The van der Waals surface area contributed by atoms with Crippen LogP contribution in [0.5, 0.6) is 11.6 Å². The van der Waals surface area contributed by atoms with Crippen molar-refractivity contribution in [1.29, 1.82) is 0 Å². The van der Waals surface area contributed by atoms with Crippen molar-refractivity contribution in [1.82, 2.24) is 4.98 Å². The first kappa shape index (κ1) is 12.8. The van der Waals surface area contributed by atoms with Gasteiger partial charge in [0.25, 0.3) is 0 Å². The standard InChI is InChI=1S/C14H10FNO3/c15-11-3-1-2-4-12(11)19-13-7-5-10(9-16-13)6-8-14(17)18/h1-9H,(H,17,18)/b8-6+. The number of para-hydroxylation sites is 1. The van der Waals surface area contributed by atoms with Gasteiger partial charge in [-0.15, -0.1) is 0 Å². The second kappa shape index (κ2) is 5.77. The topological polar surface area (TPSA) is 59.4 Å². The van der Waals surface area contributed by atoms with E-state index in [2.05, 4.69) is 4.98 Å². The van der Waals surface area contributed by atoms with Crippen molar-refractivity contribution in [3.63, 3.8) is 0 Å². The number of carbonyl (C=O) groups is 1. The summed E-state index contributed by atoms with van der Waals surface area (Å²) < 4.78 is 18.6. The van der Waals surface area contributed by atoms with Crippen molar-refractivity contribution in [2.45, 2.75) is 0 Å². The Labute approximate surface area is 108 Å². The predicted molar refractivity (Wildman–Crippen MR) is 67.4 cm³/mol. The lowest BCUT2D eigenvalue weighted by atomic mass is 10.2. The Bertz CT molecular complexity index is 608. The van der Waals surface area contributed by atoms with Gasteiger partial charge in [0.05, 0.1) is 0 Å². The zero-order valence-corrected chi connectivity index (χ0v) is 9.79. The molecule has 0 aliphatic heterocycles. The van der Waals surface area contributed by atoms with Crippen LogP contribution in [-0.2, 0) is 4.79 Å². The highest BCUT2D eigenvalue weighted by molar-refractivity contribution is 5.85. The summed E-state index contributed by atoms with van der Waals surface area (Å²) in [4.78, 5) is 14.3. The molecule has 0 radical (unpaired) electrons. The first-order chi connectivity index (χ1) is 9.15. The fourth-order valence-corrected chi connectivity index (χ4v) is 1.36. The second-order valence-corrected chi connectivity index (χ2v) is 3.63. The summed E-state index contributed by atoms with van der Waals surface area (Å²) in [6, 6.07) is 9.17. The van der Waals surface area contributed by atoms with Gasteiger partial charge in [0.1, 0.15) is 0 Å². The molecule has 5 heteroatoms. The molecule has 0 aliphatic rings. The van der Waals surface area contributed by atoms with Crippen molar-refractivity contribution in [2.75, 3.05) is 0 Å². The number of ether oxygens (including phenoxy) is 1. The van der Waals surface area contributed by atoms with E-state index in [0.717, 1.165) is 6.08 Å². The number of hydrogen-bond acceptors (Lipinski definition) is 3. The van der Waals surface area contributed by atoms with Crippen molar-refractivity contribution < 1.29 is 19.0 Å². The quantitative estimate of drug-likeness (QED) is 0.857. The number of carboxylic acid groups (broad SMARTS) is 1. The summed E-state index contributed by atoms with van der Waals surface area (Å²) in [7, 11) is 0. The predicted octanol–water partition coefficient (Wildman–Crippen LogP) is 3.11. The van der Waals surface area contributed by atoms with Gasteiger partial charge in [-0.1, -0.05) is 12.1 Å². The van der Waals surface area contributed by atoms with Crippen LogP contribution in [0, 0.1) is 5.82 Å². The molecule has 0 spiro atoms. The highest BCUT2D eigenvalue weighted by Crippen LogP contribution is 2.22. The summed E-state index contributed by atoms with van der Waals surface area (Å²) in [5.41, 5.74) is 0.614. The van der Waals surface area contributed by atoms with E-state index in [1.54, 1.807) is 18.2 Å². The molecule has 1 heterocycles. The van der Waals surface area contributed by atoms with Crippen LogP contribution < -0.4 is 4.74 Å². The molecule has 96 valence electrons. The Kier molecular flexibility index (Phi) is 3.87. The molecule has 4 nitrogen and oxygen atoms in total. The molecule has 0 saturated carbocycles. The van der Waals surface area contributed by atoms with Gasteiger partial charge < -0.3 is 9.84 Å². The van der Waals surface area contributed by atoms with E-state index < -0.39 is 11.8 Å². The molecular formula is C14H10FNO3. The molecule has 19 heavy (non-hydrogen) atoms. The van der Waals surface area contributed by atoms with Crippen molar-refractivity contribution in [3.05, 3.63) is 60.1 Å². The smallest absolute Gasteiger partial charge is 0.328 e. The molecular weight excluding hydrogens is 249 g/mol. The molecule has 1 aromatic carbocycles. The zero-order valence-electron chi connectivity index (χ0n) is 9.79. The monoisotopic (exact) mass is 259 g/mol. The molecule has 1 N–H and O–H groups in total. The molecule has 0 bridgehead atoms. The minimum Gasteiger partial charge on any atom is -0.478 e. The Morgan fingerprint density at radius 3 is 2.68 bits per heavy atom. The fourth-order valence-electron chi connectivity index (χ4n) is 1.36. The number of aliphatic carboxylic acids is 1. The zero-order chi connectivity index (χ0) is 13.7. The third kappa shape index (κ3) is 3.64. The summed E-state index contributed by atoms with van der Waals surface area (Å²) in [6.07, 6.45) is 3.85. The normalized spacial score (nSPS) is 10.6. The summed E-state index contributed by atoms with van der Waals surface area (Å²) in [6.45, 7) is 0. The van der Waals surface area contributed by atoms with Crippen LogP contribution in [0.1, 0.15) is 5.56 Å². The van der Waals surface area contributed by atoms with Gasteiger partial charge in [0.2, 0.25) is 5.88 Å². The van der Waals surface area contributed by atoms with E-state index in [4.69, 9.17) is 9.84 Å². The summed E-state index contributed by atoms with van der Waals surface area (Å²) in [5, 5.41) is 8.48. The maximum Gasteiger partial charge on any atom is 0.328 e. The van der Waals surface area contributed by atoms with Crippen molar-refractivity contribution >= 4 is 12.0 Å². The third-order valence-electron chi connectivity index (χ3n) is 2.23. The van der Waals surface area contributed by atoms with Gasteiger partial charge in [-0.3, -0.25) is 0 Å². The Hall–Kier alpha value is -2.69. The van der Waals surface area contributed by atoms with Gasteiger partial charge in [0, 0.05) is 18.3 Å². The molecule has 0 fully saturated rings. The van der Waals surface area contributed by atoms with E-state index in [-0.39, 0.29) is 11.6 Å². The maximum atomic E-state index is 13.3. The lowest BCUT2D eigenvalue weighted by Gasteiger charge is -2.05. The lowest BCUT2D eigenvalue weighted by molar-refractivity contribution is -0.131. The van der Waals surface area contributed by atoms with Gasteiger partial charge in [-0.25, -0.2) is 14.2 Å². The molecule has 0 saturated heterocycles.